The molecule has 1 atom stereocenters. The summed E-state index contributed by atoms with van der Waals surface area (Å²) in [6, 6.07) is 15.9. The molecule has 1 amide bonds. The van der Waals surface area contributed by atoms with Crippen LogP contribution in [0.1, 0.15) is 37.4 Å². The van der Waals surface area contributed by atoms with Crippen LogP contribution in [0.15, 0.2) is 72.0 Å². The first-order valence-electron chi connectivity index (χ1n) is 10.7. The molecule has 168 valence electrons. The molecule has 32 heavy (non-hydrogen) atoms. The van der Waals surface area contributed by atoms with E-state index in [1.54, 1.807) is 31.4 Å². The number of aliphatic hydroxyl groups is 1. The molecule has 1 aliphatic heterocycles. The van der Waals surface area contributed by atoms with E-state index in [0.29, 0.717) is 30.9 Å². The van der Waals surface area contributed by atoms with Crippen LogP contribution in [0.5, 0.6) is 5.75 Å². The molecule has 0 aliphatic carbocycles. The summed E-state index contributed by atoms with van der Waals surface area (Å²) in [6.45, 7) is 4.72. The number of allylic oxidation sites excluding steroid dienone is 1. The van der Waals surface area contributed by atoms with E-state index in [-0.39, 0.29) is 11.7 Å². The van der Waals surface area contributed by atoms with Gasteiger partial charge in [-0.1, -0.05) is 48.5 Å². The molecular weight excluding hydrogens is 406 g/mol. The van der Waals surface area contributed by atoms with Gasteiger partial charge < -0.3 is 19.5 Å². The highest BCUT2D eigenvalue weighted by Crippen LogP contribution is 2.39. The predicted molar refractivity (Wildman–Crippen MR) is 123 cm³/mol. The second kappa shape index (κ2) is 10.8. The van der Waals surface area contributed by atoms with Crippen molar-refractivity contribution in [3.63, 3.8) is 0 Å². The molecule has 0 spiro atoms. The van der Waals surface area contributed by atoms with Gasteiger partial charge in [-0.25, -0.2) is 0 Å². The van der Waals surface area contributed by atoms with Gasteiger partial charge in [0.2, 0.25) is 0 Å². The Balaban J connectivity index is 1.92. The average molecular weight is 436 g/mol. The number of benzene rings is 2. The van der Waals surface area contributed by atoms with Gasteiger partial charge in [0.1, 0.15) is 5.75 Å². The molecule has 0 aromatic heterocycles. The molecule has 1 heterocycles. The lowest BCUT2D eigenvalue weighted by Gasteiger charge is -2.27. The number of rotatable bonds is 10. The third kappa shape index (κ3) is 5.45. The van der Waals surface area contributed by atoms with Gasteiger partial charge in [-0.3, -0.25) is 9.59 Å². The number of aliphatic hydroxyl groups excluding tert-OH is 1. The number of hydrogen-bond donors (Lipinski definition) is 1. The van der Waals surface area contributed by atoms with Crippen LogP contribution >= 0.6 is 0 Å². The Labute approximate surface area is 188 Å². The largest absolute Gasteiger partial charge is 0.503 e. The Bertz CT molecular complexity index is 1010. The van der Waals surface area contributed by atoms with E-state index >= 15 is 0 Å². The van der Waals surface area contributed by atoms with Gasteiger partial charge in [-0.15, -0.1) is 0 Å². The van der Waals surface area contributed by atoms with Crippen molar-refractivity contribution in [2.75, 3.05) is 20.3 Å². The molecule has 0 saturated carbocycles. The SMILES string of the molecule is COc1cccc([C@@H]2C(C(=O)/C=C/c3ccccc3)=C(O)C(=O)N2CCCOC(C)C)c1. The molecule has 0 fully saturated rings. The van der Waals surface area contributed by atoms with E-state index in [1.807, 2.05) is 50.2 Å². The van der Waals surface area contributed by atoms with Crippen LogP contribution in [-0.4, -0.2) is 48.1 Å². The molecule has 0 radical (unpaired) electrons. The highest BCUT2D eigenvalue weighted by molar-refractivity contribution is 6.14. The first-order chi connectivity index (χ1) is 15.4. The highest BCUT2D eigenvalue weighted by Gasteiger charge is 2.42. The molecule has 6 heteroatoms. The number of ketones is 1. The third-order valence-corrected chi connectivity index (χ3v) is 5.20. The number of carbonyl (C=O) groups excluding carboxylic acids is 2. The van der Waals surface area contributed by atoms with Gasteiger partial charge in [-0.2, -0.15) is 0 Å². The van der Waals surface area contributed by atoms with Gasteiger partial charge in [0, 0.05) is 13.2 Å². The standard InChI is InChI=1S/C26H29NO5/c1-18(2)32-16-8-15-27-24(20-11-7-12-21(17-20)31-3)23(25(29)26(27)30)22(28)14-13-19-9-5-4-6-10-19/h4-7,9-14,17-18,24,29H,8,15-16H2,1-3H3/b14-13+/t24-/m1/s1. The van der Waals surface area contributed by atoms with E-state index < -0.39 is 23.5 Å². The molecule has 0 saturated heterocycles. The van der Waals surface area contributed by atoms with Crippen LogP contribution < -0.4 is 4.74 Å². The number of amides is 1. The Morgan fingerprint density at radius 2 is 1.91 bits per heavy atom. The van der Waals surface area contributed by atoms with Crippen molar-refractivity contribution >= 4 is 17.8 Å². The summed E-state index contributed by atoms with van der Waals surface area (Å²) >= 11 is 0. The maximum Gasteiger partial charge on any atom is 0.290 e. The van der Waals surface area contributed by atoms with Gasteiger partial charge in [-0.05, 0) is 49.6 Å². The first kappa shape index (κ1) is 23.3. The zero-order valence-electron chi connectivity index (χ0n) is 18.7. The summed E-state index contributed by atoms with van der Waals surface area (Å²) in [5.41, 5.74) is 1.62. The van der Waals surface area contributed by atoms with Crippen LogP contribution in [-0.2, 0) is 14.3 Å². The fourth-order valence-electron chi connectivity index (χ4n) is 3.67. The average Bonchev–Trinajstić information content (AvgIpc) is 3.06. The second-order valence-corrected chi connectivity index (χ2v) is 7.82. The van der Waals surface area contributed by atoms with Crippen molar-refractivity contribution < 1.29 is 24.2 Å². The number of hydrogen-bond acceptors (Lipinski definition) is 5. The lowest BCUT2D eigenvalue weighted by atomic mass is 9.95. The third-order valence-electron chi connectivity index (χ3n) is 5.20. The Kier molecular flexibility index (Phi) is 7.84. The quantitative estimate of drug-likeness (QED) is 0.440. The molecule has 0 bridgehead atoms. The number of carbonyl (C=O) groups is 2. The number of methoxy groups -OCH3 is 1. The van der Waals surface area contributed by atoms with E-state index in [1.165, 1.54) is 11.0 Å². The van der Waals surface area contributed by atoms with Crippen molar-refractivity contribution in [2.45, 2.75) is 32.4 Å². The molecule has 2 aromatic rings. The molecule has 1 N–H and O–H groups in total. The number of ether oxygens (including phenoxy) is 2. The van der Waals surface area contributed by atoms with E-state index in [0.717, 1.165) is 5.56 Å². The first-order valence-corrected chi connectivity index (χ1v) is 10.7. The van der Waals surface area contributed by atoms with Crippen LogP contribution in [0, 0.1) is 0 Å². The highest BCUT2D eigenvalue weighted by atomic mass is 16.5. The molecule has 0 unspecified atom stereocenters. The molecule has 1 aliphatic rings. The molecule has 6 nitrogen and oxygen atoms in total. The smallest absolute Gasteiger partial charge is 0.290 e. The molecule has 3 rings (SSSR count). The van der Waals surface area contributed by atoms with E-state index in [4.69, 9.17) is 9.47 Å². The molecule has 2 aromatic carbocycles. The van der Waals surface area contributed by atoms with Crippen molar-refractivity contribution in [3.05, 3.63) is 83.1 Å². The number of nitrogens with zero attached hydrogens (tertiary/aromatic N) is 1. The van der Waals surface area contributed by atoms with Crippen LogP contribution in [0.25, 0.3) is 6.08 Å². The lowest BCUT2D eigenvalue weighted by molar-refractivity contribution is -0.129. The van der Waals surface area contributed by atoms with Gasteiger partial charge in [0.05, 0.1) is 24.8 Å². The van der Waals surface area contributed by atoms with Crippen LogP contribution in [0.4, 0.5) is 0 Å². The zero-order valence-corrected chi connectivity index (χ0v) is 18.7. The lowest BCUT2D eigenvalue weighted by Crippen LogP contribution is -2.32. The monoisotopic (exact) mass is 435 g/mol. The van der Waals surface area contributed by atoms with E-state index in [2.05, 4.69) is 0 Å². The maximum atomic E-state index is 13.1. The van der Waals surface area contributed by atoms with Crippen molar-refractivity contribution in [1.29, 1.82) is 0 Å². The summed E-state index contributed by atoms with van der Waals surface area (Å²) in [4.78, 5) is 27.6. The Hall–Kier alpha value is -3.38. The minimum Gasteiger partial charge on any atom is -0.503 e. The maximum absolute atomic E-state index is 13.1. The fourth-order valence-corrected chi connectivity index (χ4v) is 3.67. The second-order valence-electron chi connectivity index (χ2n) is 7.82. The van der Waals surface area contributed by atoms with Crippen molar-refractivity contribution in [2.24, 2.45) is 0 Å². The normalized spacial score (nSPS) is 16.4. The van der Waals surface area contributed by atoms with Gasteiger partial charge in [0.25, 0.3) is 5.91 Å². The zero-order chi connectivity index (χ0) is 23.1. The predicted octanol–water partition coefficient (Wildman–Crippen LogP) is 4.49. The van der Waals surface area contributed by atoms with E-state index in [9.17, 15) is 14.7 Å². The minimum absolute atomic E-state index is 0.0696. The Morgan fingerprint density at radius 3 is 2.59 bits per heavy atom. The molecular formula is C26H29NO5. The fraction of sp³-hybridized carbons (Fsp3) is 0.308. The van der Waals surface area contributed by atoms with Gasteiger partial charge in [0.15, 0.2) is 11.5 Å². The minimum atomic E-state index is -0.704. The van der Waals surface area contributed by atoms with Crippen LogP contribution in [0.3, 0.4) is 0 Å². The summed E-state index contributed by atoms with van der Waals surface area (Å²) in [5, 5.41) is 10.7. The Morgan fingerprint density at radius 1 is 1.16 bits per heavy atom. The summed E-state index contributed by atoms with van der Waals surface area (Å²) in [6.07, 6.45) is 3.74. The summed E-state index contributed by atoms with van der Waals surface area (Å²) in [7, 11) is 1.56. The topological polar surface area (TPSA) is 76.1 Å². The van der Waals surface area contributed by atoms with Crippen molar-refractivity contribution in [3.8, 4) is 5.75 Å². The van der Waals surface area contributed by atoms with Crippen molar-refractivity contribution in [1.82, 2.24) is 4.90 Å². The van der Waals surface area contributed by atoms with Crippen LogP contribution in [0.2, 0.25) is 0 Å². The summed E-state index contributed by atoms with van der Waals surface area (Å²) < 4.78 is 10.9. The van der Waals surface area contributed by atoms with Gasteiger partial charge >= 0.3 is 0 Å². The summed E-state index contributed by atoms with van der Waals surface area (Å²) in [5.74, 6) is -0.867.